The molecule has 0 aromatic carbocycles. The van der Waals surface area contributed by atoms with Gasteiger partial charge in [0.25, 0.3) is 11.8 Å². The Kier molecular flexibility index (Phi) is 12.4. The first-order valence-corrected chi connectivity index (χ1v) is 17.6. The van der Waals surface area contributed by atoms with Crippen LogP contribution < -0.4 is 21.3 Å². The molecule has 0 radical (unpaired) electrons. The molecule has 2 aliphatic carbocycles. The molecule has 3 aliphatic rings. The number of aromatic nitrogens is 2. The Balaban J connectivity index is 1.58. The first-order valence-electron chi connectivity index (χ1n) is 17.6. The van der Waals surface area contributed by atoms with Crippen LogP contribution in [0.2, 0.25) is 0 Å². The molecule has 0 bridgehead atoms. The molecule has 5 amide bonds. The van der Waals surface area contributed by atoms with Crippen LogP contribution in [0.5, 0.6) is 0 Å². The molecule has 2 unspecified atom stereocenters. The van der Waals surface area contributed by atoms with Gasteiger partial charge in [0, 0.05) is 31.9 Å². The maximum absolute atomic E-state index is 14.6. The fourth-order valence-electron chi connectivity index (χ4n) is 7.63. The van der Waals surface area contributed by atoms with Crippen molar-refractivity contribution in [3.63, 3.8) is 0 Å². The second kappa shape index (κ2) is 16.1. The maximum Gasteiger partial charge on any atom is 0.272 e. The highest BCUT2D eigenvalue weighted by Gasteiger charge is 2.70. The number of terminal acetylenes is 1. The Hall–Kier alpha value is -4.31. The lowest BCUT2D eigenvalue weighted by Gasteiger charge is -2.39. The van der Waals surface area contributed by atoms with Gasteiger partial charge in [-0.15, -0.1) is 18.9 Å². The first-order chi connectivity index (χ1) is 23.6. The van der Waals surface area contributed by atoms with Crippen molar-refractivity contribution in [3.05, 3.63) is 36.9 Å². The summed E-state index contributed by atoms with van der Waals surface area (Å²) in [7, 11) is 0. The number of rotatable bonds is 14. The SMILES string of the molecule is C#CCCC(NC(=O)[C@@H]1[C@@H]2[C@H](CN1C(=O)[C@@H](NC(=O)[C@@H](NC(=O)c1cnccn1)C1CCCCC1)C(C)(C)C)C2(C)C)C(O)C(=O)NCC=C. The molecule has 13 heteroatoms. The highest BCUT2D eigenvalue weighted by molar-refractivity contribution is 5.98. The van der Waals surface area contributed by atoms with Crippen molar-refractivity contribution < 1.29 is 29.1 Å². The molecule has 7 atom stereocenters. The number of amides is 5. The fraction of sp³-hybridized carbons (Fsp3) is 0.649. The van der Waals surface area contributed by atoms with E-state index in [1.807, 2.05) is 20.8 Å². The molecule has 1 aromatic heterocycles. The third-order valence-corrected chi connectivity index (χ3v) is 10.6. The maximum atomic E-state index is 14.6. The number of carbonyl (C=O) groups is 5. The topological polar surface area (TPSA) is 183 Å². The summed E-state index contributed by atoms with van der Waals surface area (Å²) in [6.45, 7) is 13.6. The molecule has 50 heavy (non-hydrogen) atoms. The van der Waals surface area contributed by atoms with Crippen LogP contribution in [0.15, 0.2) is 31.2 Å². The molecular weight excluding hydrogens is 638 g/mol. The number of hydrogen-bond acceptors (Lipinski definition) is 8. The Labute approximate surface area is 295 Å². The predicted molar refractivity (Wildman–Crippen MR) is 187 cm³/mol. The average Bonchev–Trinajstić information content (AvgIpc) is 3.39. The van der Waals surface area contributed by atoms with Gasteiger partial charge in [0.15, 0.2) is 6.10 Å². The third kappa shape index (κ3) is 8.70. The summed E-state index contributed by atoms with van der Waals surface area (Å²) in [5.74, 6) is -0.347. The van der Waals surface area contributed by atoms with Gasteiger partial charge < -0.3 is 31.3 Å². The minimum absolute atomic E-state index is 0.0461. The number of carbonyl (C=O) groups excluding carboxylic acids is 5. The van der Waals surface area contributed by atoms with Crippen molar-refractivity contribution in [2.24, 2.45) is 28.6 Å². The summed E-state index contributed by atoms with van der Waals surface area (Å²) >= 11 is 0. The summed E-state index contributed by atoms with van der Waals surface area (Å²) in [6, 6.07) is -3.82. The van der Waals surface area contributed by atoms with E-state index in [-0.39, 0.29) is 48.2 Å². The van der Waals surface area contributed by atoms with Crippen LogP contribution in [0.4, 0.5) is 0 Å². The molecule has 1 saturated heterocycles. The summed E-state index contributed by atoms with van der Waals surface area (Å²) in [5.41, 5.74) is -0.901. The lowest BCUT2D eigenvalue weighted by Crippen LogP contribution is -2.63. The number of nitrogens with zero attached hydrogens (tertiary/aromatic N) is 3. The second-order valence-electron chi connectivity index (χ2n) is 15.5. The second-order valence-corrected chi connectivity index (χ2v) is 15.5. The summed E-state index contributed by atoms with van der Waals surface area (Å²) in [5, 5.41) is 22.1. The van der Waals surface area contributed by atoms with E-state index in [9.17, 15) is 29.1 Å². The molecule has 1 aromatic rings. The van der Waals surface area contributed by atoms with Gasteiger partial charge in [-0.25, -0.2) is 4.98 Å². The number of hydrogen-bond donors (Lipinski definition) is 5. The van der Waals surface area contributed by atoms with Crippen LogP contribution >= 0.6 is 0 Å². The molecule has 4 rings (SSSR count). The largest absolute Gasteiger partial charge is 0.381 e. The van der Waals surface area contributed by atoms with Gasteiger partial charge in [-0.2, -0.15) is 0 Å². The zero-order chi connectivity index (χ0) is 36.8. The van der Waals surface area contributed by atoms with Crippen LogP contribution in [-0.2, 0) is 19.2 Å². The van der Waals surface area contributed by atoms with Gasteiger partial charge in [0.2, 0.25) is 17.7 Å². The van der Waals surface area contributed by atoms with E-state index in [1.165, 1.54) is 29.6 Å². The van der Waals surface area contributed by atoms with E-state index in [2.05, 4.69) is 57.6 Å². The molecule has 272 valence electrons. The highest BCUT2D eigenvalue weighted by Crippen LogP contribution is 2.65. The number of aliphatic hydroxyl groups is 1. The monoisotopic (exact) mass is 691 g/mol. The summed E-state index contributed by atoms with van der Waals surface area (Å²) in [4.78, 5) is 78.2. The van der Waals surface area contributed by atoms with Gasteiger partial charge in [0.05, 0.1) is 12.2 Å². The van der Waals surface area contributed by atoms with E-state index in [1.54, 1.807) is 0 Å². The van der Waals surface area contributed by atoms with E-state index in [0.717, 1.165) is 32.1 Å². The van der Waals surface area contributed by atoms with Crippen LogP contribution in [0.1, 0.15) is 90.1 Å². The van der Waals surface area contributed by atoms with Gasteiger partial charge in [-0.3, -0.25) is 29.0 Å². The van der Waals surface area contributed by atoms with Crippen molar-refractivity contribution in [3.8, 4) is 12.3 Å². The van der Waals surface area contributed by atoms with E-state index in [4.69, 9.17) is 6.42 Å². The predicted octanol–water partition coefficient (Wildman–Crippen LogP) is 1.73. The van der Waals surface area contributed by atoms with E-state index >= 15 is 0 Å². The molecule has 5 N–H and O–H groups in total. The summed E-state index contributed by atoms with van der Waals surface area (Å²) in [6.07, 6.45) is 14.3. The Morgan fingerprint density at radius 2 is 1.80 bits per heavy atom. The Morgan fingerprint density at radius 1 is 1.10 bits per heavy atom. The third-order valence-electron chi connectivity index (χ3n) is 10.6. The zero-order valence-corrected chi connectivity index (χ0v) is 29.9. The minimum Gasteiger partial charge on any atom is -0.381 e. The number of aliphatic hydroxyl groups excluding tert-OH is 1. The highest BCUT2D eigenvalue weighted by atomic mass is 16.3. The minimum atomic E-state index is -1.57. The molecule has 2 saturated carbocycles. The smallest absolute Gasteiger partial charge is 0.272 e. The van der Waals surface area contributed by atoms with Crippen molar-refractivity contribution in [1.82, 2.24) is 36.1 Å². The van der Waals surface area contributed by atoms with Gasteiger partial charge in [-0.05, 0) is 47.8 Å². The number of likely N-dealkylation sites (tertiary alicyclic amines) is 1. The number of nitrogens with one attached hydrogen (secondary N) is 4. The summed E-state index contributed by atoms with van der Waals surface area (Å²) < 4.78 is 0. The Bertz CT molecular complexity index is 1460. The van der Waals surface area contributed by atoms with Crippen molar-refractivity contribution in [1.29, 1.82) is 0 Å². The molecule has 13 nitrogen and oxygen atoms in total. The Morgan fingerprint density at radius 3 is 2.40 bits per heavy atom. The number of fused-ring (bicyclic) bond motifs is 1. The lowest BCUT2D eigenvalue weighted by molar-refractivity contribution is -0.146. The number of piperidine rings is 1. The normalized spacial score (nSPS) is 23.5. The fourth-order valence-corrected chi connectivity index (χ4v) is 7.63. The van der Waals surface area contributed by atoms with Crippen LogP contribution in [-0.4, -0.2) is 92.9 Å². The van der Waals surface area contributed by atoms with Gasteiger partial charge in [-0.1, -0.05) is 60.0 Å². The van der Waals surface area contributed by atoms with E-state index < -0.39 is 65.2 Å². The first kappa shape index (κ1) is 38.5. The van der Waals surface area contributed by atoms with Gasteiger partial charge >= 0.3 is 0 Å². The lowest BCUT2D eigenvalue weighted by atomic mass is 9.82. The quantitative estimate of drug-likeness (QED) is 0.144. The van der Waals surface area contributed by atoms with E-state index in [0.29, 0.717) is 6.54 Å². The van der Waals surface area contributed by atoms with Crippen molar-refractivity contribution in [2.75, 3.05) is 13.1 Å². The average molecular weight is 692 g/mol. The molecule has 2 heterocycles. The van der Waals surface area contributed by atoms with Crippen molar-refractivity contribution >= 4 is 29.5 Å². The molecular formula is C37H53N7O6. The zero-order valence-electron chi connectivity index (χ0n) is 29.9. The van der Waals surface area contributed by atoms with Gasteiger partial charge in [0.1, 0.15) is 23.8 Å². The van der Waals surface area contributed by atoms with Crippen LogP contribution in [0.25, 0.3) is 0 Å². The standard InChI is InChI=1S/C37H53N7O6/c1-8-10-16-24(29(45)34(49)40-17-9-2)41-33(48)28-26-23(37(26,6)7)21-44(28)35(50)30(36(3,4)5)43-32(47)27(22-14-12-11-13-15-22)42-31(46)25-20-38-18-19-39-25/h1,9,18-20,22-24,26-30,45H,2,10-17,21H2,3-7H3,(H,40,49)(H,41,48)(H,42,46)(H,43,47)/t23-,24?,26-,27-,28-,29?,30+/m0/s1. The van der Waals surface area contributed by atoms with Crippen LogP contribution in [0.3, 0.4) is 0 Å². The molecule has 1 aliphatic heterocycles. The molecule has 0 spiro atoms. The molecule has 3 fully saturated rings. The van der Waals surface area contributed by atoms with Crippen LogP contribution in [0, 0.1) is 40.9 Å². The van der Waals surface area contributed by atoms with Crippen molar-refractivity contribution in [2.45, 2.75) is 110 Å².